The zero-order valence-corrected chi connectivity index (χ0v) is 13.4. The summed E-state index contributed by atoms with van der Waals surface area (Å²) in [5, 5.41) is 0.735. The molecule has 0 aliphatic heterocycles. The Bertz CT molecular complexity index is 854. The highest BCUT2D eigenvalue weighted by Gasteiger charge is 2.14. The Hall–Kier alpha value is -1.96. The molecule has 7 heteroatoms. The summed E-state index contributed by atoms with van der Waals surface area (Å²) >= 11 is 1.48. The van der Waals surface area contributed by atoms with Gasteiger partial charge in [-0.25, -0.2) is 18.1 Å². The second kappa shape index (κ2) is 6.04. The van der Waals surface area contributed by atoms with Gasteiger partial charge < -0.3 is 4.74 Å². The molecule has 0 saturated heterocycles. The molecule has 0 spiro atoms. The Labute approximate surface area is 132 Å². The number of benzene rings is 2. The summed E-state index contributed by atoms with van der Waals surface area (Å²) in [5.41, 5.74) is 0.881. The summed E-state index contributed by atoms with van der Waals surface area (Å²) in [7, 11) is -2.02. The molecule has 0 atom stereocenters. The molecule has 0 fully saturated rings. The molecule has 1 N–H and O–H groups in total. The molecule has 0 amide bonds. The van der Waals surface area contributed by atoms with Crippen molar-refractivity contribution < 1.29 is 13.2 Å². The van der Waals surface area contributed by atoms with E-state index in [2.05, 4.69) is 9.71 Å². The lowest BCUT2D eigenvalue weighted by Crippen LogP contribution is -2.23. The lowest BCUT2D eigenvalue weighted by atomic mass is 10.3. The zero-order chi connectivity index (χ0) is 15.6. The van der Waals surface area contributed by atoms with Gasteiger partial charge in [-0.1, -0.05) is 12.1 Å². The molecule has 1 aromatic heterocycles. The molecule has 0 radical (unpaired) electrons. The fourth-order valence-corrected chi connectivity index (χ4v) is 3.98. The van der Waals surface area contributed by atoms with E-state index in [0.717, 1.165) is 15.2 Å². The number of nitrogens with zero attached hydrogens (tertiary/aromatic N) is 1. The van der Waals surface area contributed by atoms with E-state index in [1.165, 1.54) is 30.6 Å². The second-order valence-corrected chi connectivity index (χ2v) is 7.46. The van der Waals surface area contributed by atoms with Crippen LogP contribution in [0.15, 0.2) is 53.4 Å². The number of thiazole rings is 1. The van der Waals surface area contributed by atoms with Crippen LogP contribution in [0.3, 0.4) is 0 Å². The molecular formula is C15H14N2O3S2. The number of sulfonamides is 1. The van der Waals surface area contributed by atoms with E-state index in [1.54, 1.807) is 12.1 Å². The molecule has 3 rings (SSSR count). The quantitative estimate of drug-likeness (QED) is 0.779. The number of rotatable bonds is 5. The Morgan fingerprint density at radius 1 is 1.14 bits per heavy atom. The van der Waals surface area contributed by atoms with E-state index in [1.807, 2.05) is 24.3 Å². The van der Waals surface area contributed by atoms with Crippen LogP contribution in [0.25, 0.3) is 10.2 Å². The van der Waals surface area contributed by atoms with Gasteiger partial charge in [0.25, 0.3) is 0 Å². The maximum Gasteiger partial charge on any atom is 0.240 e. The Morgan fingerprint density at radius 3 is 2.55 bits per heavy atom. The van der Waals surface area contributed by atoms with E-state index in [4.69, 9.17) is 4.74 Å². The summed E-state index contributed by atoms with van der Waals surface area (Å²) in [5.74, 6) is 0.616. The van der Waals surface area contributed by atoms with Gasteiger partial charge in [0.2, 0.25) is 10.0 Å². The average molecular weight is 334 g/mol. The van der Waals surface area contributed by atoms with Crippen LogP contribution in [0.4, 0.5) is 0 Å². The van der Waals surface area contributed by atoms with Gasteiger partial charge in [-0.15, -0.1) is 11.3 Å². The van der Waals surface area contributed by atoms with Gasteiger partial charge in [0.05, 0.1) is 28.8 Å². The van der Waals surface area contributed by atoms with Crippen molar-refractivity contribution >= 4 is 31.6 Å². The predicted octanol–water partition coefficient (Wildman–Crippen LogP) is 2.78. The summed E-state index contributed by atoms with van der Waals surface area (Å²) in [6.07, 6.45) is 0. The molecular weight excluding hydrogens is 320 g/mol. The number of nitrogens with one attached hydrogen (secondary N) is 1. The first kappa shape index (κ1) is 15.0. The summed E-state index contributed by atoms with van der Waals surface area (Å²) in [4.78, 5) is 4.61. The largest absolute Gasteiger partial charge is 0.497 e. The standard InChI is InChI=1S/C15H14N2O3S2/c1-20-11-6-8-12(9-7-11)22(18,19)16-10-15-17-13-4-2-3-5-14(13)21-15/h2-9,16H,10H2,1H3. The van der Waals surface area contributed by atoms with E-state index >= 15 is 0 Å². The maximum atomic E-state index is 12.2. The van der Waals surface area contributed by atoms with E-state index in [9.17, 15) is 8.42 Å². The van der Waals surface area contributed by atoms with Crippen LogP contribution in [0.5, 0.6) is 5.75 Å². The molecule has 0 aliphatic rings. The number of ether oxygens (including phenoxy) is 1. The number of hydrogen-bond donors (Lipinski definition) is 1. The van der Waals surface area contributed by atoms with E-state index < -0.39 is 10.0 Å². The number of para-hydroxylation sites is 1. The van der Waals surface area contributed by atoms with Crippen LogP contribution in [0.1, 0.15) is 5.01 Å². The predicted molar refractivity (Wildman–Crippen MR) is 86.6 cm³/mol. The third kappa shape index (κ3) is 3.11. The minimum absolute atomic E-state index is 0.174. The molecule has 0 bridgehead atoms. The van der Waals surface area contributed by atoms with Crippen molar-refractivity contribution in [1.29, 1.82) is 0 Å². The topological polar surface area (TPSA) is 68.3 Å². The highest BCUT2D eigenvalue weighted by Crippen LogP contribution is 2.22. The van der Waals surface area contributed by atoms with Gasteiger partial charge >= 0.3 is 0 Å². The zero-order valence-electron chi connectivity index (χ0n) is 11.8. The van der Waals surface area contributed by atoms with Crippen LogP contribution >= 0.6 is 11.3 Å². The first-order valence-electron chi connectivity index (χ1n) is 6.57. The number of aromatic nitrogens is 1. The van der Waals surface area contributed by atoms with Crippen LogP contribution in [0, 0.1) is 0 Å². The first-order valence-corrected chi connectivity index (χ1v) is 8.86. The summed E-state index contributed by atoms with van der Waals surface area (Å²) < 4.78 is 33.1. The second-order valence-electron chi connectivity index (χ2n) is 4.58. The highest BCUT2D eigenvalue weighted by atomic mass is 32.2. The number of methoxy groups -OCH3 is 1. The highest BCUT2D eigenvalue weighted by molar-refractivity contribution is 7.89. The molecule has 3 aromatic rings. The van der Waals surface area contributed by atoms with Crippen molar-refractivity contribution in [3.8, 4) is 5.75 Å². The van der Waals surface area contributed by atoms with Crippen molar-refractivity contribution in [3.05, 3.63) is 53.5 Å². The SMILES string of the molecule is COc1ccc(S(=O)(=O)NCc2nc3ccccc3s2)cc1. The molecule has 1 heterocycles. The van der Waals surface area contributed by atoms with Crippen molar-refractivity contribution in [2.75, 3.05) is 7.11 Å². The van der Waals surface area contributed by atoms with Crippen molar-refractivity contribution in [1.82, 2.24) is 9.71 Å². The molecule has 0 aliphatic carbocycles. The summed E-state index contributed by atoms with van der Waals surface area (Å²) in [6.45, 7) is 0.174. The van der Waals surface area contributed by atoms with Gasteiger partial charge in [-0.3, -0.25) is 0 Å². The van der Waals surface area contributed by atoms with Crippen LogP contribution in [-0.4, -0.2) is 20.5 Å². The van der Waals surface area contributed by atoms with Crippen molar-refractivity contribution in [2.45, 2.75) is 11.4 Å². The third-order valence-electron chi connectivity index (χ3n) is 3.12. The molecule has 22 heavy (non-hydrogen) atoms. The number of fused-ring (bicyclic) bond motifs is 1. The smallest absolute Gasteiger partial charge is 0.240 e. The Balaban J connectivity index is 1.76. The normalized spacial score (nSPS) is 11.7. The molecule has 5 nitrogen and oxygen atoms in total. The van der Waals surface area contributed by atoms with Gasteiger partial charge in [-0.05, 0) is 36.4 Å². The fraction of sp³-hybridized carbons (Fsp3) is 0.133. The fourth-order valence-electron chi connectivity index (χ4n) is 1.99. The minimum Gasteiger partial charge on any atom is -0.497 e. The minimum atomic E-state index is -3.56. The lowest BCUT2D eigenvalue weighted by Gasteiger charge is -2.06. The van der Waals surface area contributed by atoms with Crippen LogP contribution < -0.4 is 9.46 Å². The molecule has 2 aromatic carbocycles. The lowest BCUT2D eigenvalue weighted by molar-refractivity contribution is 0.414. The van der Waals surface area contributed by atoms with Gasteiger partial charge in [0.15, 0.2) is 0 Å². The number of hydrogen-bond acceptors (Lipinski definition) is 5. The van der Waals surface area contributed by atoms with Gasteiger partial charge in [-0.2, -0.15) is 0 Å². The average Bonchev–Trinajstić information content (AvgIpc) is 2.96. The Morgan fingerprint density at radius 2 is 1.86 bits per heavy atom. The van der Waals surface area contributed by atoms with Gasteiger partial charge in [0.1, 0.15) is 10.8 Å². The third-order valence-corrected chi connectivity index (χ3v) is 5.57. The van der Waals surface area contributed by atoms with E-state index in [0.29, 0.717) is 5.75 Å². The first-order chi connectivity index (χ1) is 10.6. The molecule has 0 unspecified atom stereocenters. The van der Waals surface area contributed by atoms with Crippen LogP contribution in [-0.2, 0) is 16.6 Å². The van der Waals surface area contributed by atoms with Gasteiger partial charge in [0, 0.05) is 0 Å². The van der Waals surface area contributed by atoms with Crippen molar-refractivity contribution in [3.63, 3.8) is 0 Å². The molecule has 114 valence electrons. The summed E-state index contributed by atoms with van der Waals surface area (Å²) in [6, 6.07) is 14.0. The monoisotopic (exact) mass is 334 g/mol. The van der Waals surface area contributed by atoms with Crippen LogP contribution in [0.2, 0.25) is 0 Å². The van der Waals surface area contributed by atoms with E-state index in [-0.39, 0.29) is 11.4 Å². The molecule has 0 saturated carbocycles. The maximum absolute atomic E-state index is 12.2. The van der Waals surface area contributed by atoms with Crippen molar-refractivity contribution in [2.24, 2.45) is 0 Å². The Kier molecular flexibility index (Phi) is 4.10.